The van der Waals surface area contributed by atoms with Crippen molar-refractivity contribution in [2.24, 2.45) is 0 Å². The molecule has 0 aliphatic carbocycles. The van der Waals surface area contributed by atoms with Crippen molar-refractivity contribution in [1.82, 2.24) is 4.57 Å². The third-order valence-electron chi connectivity index (χ3n) is 13.0. The van der Waals surface area contributed by atoms with E-state index in [0.29, 0.717) is 0 Å². The molecule has 11 aromatic carbocycles. The summed E-state index contributed by atoms with van der Waals surface area (Å²) in [6.45, 7) is 0. The minimum absolute atomic E-state index is 1.07. The van der Waals surface area contributed by atoms with Gasteiger partial charge in [-0.1, -0.05) is 212 Å². The fraction of sp³-hybridized carbons (Fsp3) is 0. The summed E-state index contributed by atoms with van der Waals surface area (Å²) in [6, 6.07) is 96.9. The van der Waals surface area contributed by atoms with Gasteiger partial charge < -0.3 is 9.47 Å². The van der Waals surface area contributed by atoms with E-state index in [0.717, 1.165) is 39.4 Å². The summed E-state index contributed by atoms with van der Waals surface area (Å²) in [4.78, 5) is 2.46. The van der Waals surface area contributed by atoms with E-state index in [1.54, 1.807) is 0 Å². The zero-order chi connectivity index (χ0) is 43.8. The molecule has 0 spiro atoms. The third-order valence-corrected chi connectivity index (χ3v) is 13.0. The summed E-state index contributed by atoms with van der Waals surface area (Å²) in [7, 11) is 0. The maximum atomic E-state index is 2.46. The molecule has 2 heteroatoms. The molecule has 0 atom stereocenters. The van der Waals surface area contributed by atoms with Gasteiger partial charge in [0.2, 0.25) is 0 Å². The Bertz CT molecular complexity index is 3680. The first-order valence-corrected chi connectivity index (χ1v) is 22.7. The zero-order valence-corrected chi connectivity index (χ0v) is 36.3. The monoisotopic (exact) mass is 840 g/mol. The SMILES string of the molecule is c1ccc(-c2ccccc2-c2ccccc2-c2ccc(N(c3cccc(-c4cccc5cccc(-c6ccccc6)c45)c3)c3cccc4c3c3ccccc3n4-c3ccccc3)cc2)cc1. The van der Waals surface area contributed by atoms with Crippen LogP contribution in [0.5, 0.6) is 0 Å². The maximum Gasteiger partial charge on any atom is 0.0562 e. The fourth-order valence-electron chi connectivity index (χ4n) is 10.1. The molecule has 0 unspecified atom stereocenters. The first-order chi connectivity index (χ1) is 32.8. The average molecular weight is 841 g/mol. The van der Waals surface area contributed by atoms with Gasteiger partial charge in [-0.3, -0.25) is 0 Å². The standard InChI is InChI=1S/C64H44N2/c1-4-20-45(21-5-1)53-30-10-12-32-57(53)58-33-13-11-31-54(58)47-40-42-51(43-41-47)65(61-38-19-39-62-64(61)59-34-14-15-37-60(59)66(62)50-27-8-3-9-28-50)52-29-16-26-49(44-52)56-36-18-25-48-24-17-35-55(63(48)56)46-22-6-2-7-23-46/h1-44H. The predicted octanol–water partition coefficient (Wildman–Crippen LogP) is 17.7. The first kappa shape index (κ1) is 38.9. The summed E-state index contributed by atoms with van der Waals surface area (Å²) in [5.41, 5.74) is 18.7. The summed E-state index contributed by atoms with van der Waals surface area (Å²) in [5, 5.41) is 4.87. The van der Waals surface area contributed by atoms with Crippen LogP contribution < -0.4 is 4.90 Å². The molecule has 12 aromatic rings. The van der Waals surface area contributed by atoms with Crippen molar-refractivity contribution in [2.45, 2.75) is 0 Å². The van der Waals surface area contributed by atoms with Crippen LogP contribution in [0.4, 0.5) is 17.1 Å². The molecule has 0 saturated carbocycles. The van der Waals surface area contributed by atoms with Gasteiger partial charge in [0.15, 0.2) is 0 Å². The predicted molar refractivity (Wildman–Crippen MR) is 280 cm³/mol. The van der Waals surface area contributed by atoms with Crippen LogP contribution in [0.25, 0.3) is 93.9 Å². The Morgan fingerprint density at radius 1 is 0.273 bits per heavy atom. The van der Waals surface area contributed by atoms with Crippen LogP contribution in [0.15, 0.2) is 267 Å². The minimum atomic E-state index is 1.07. The lowest BCUT2D eigenvalue weighted by molar-refractivity contribution is 1.18. The second-order valence-corrected chi connectivity index (χ2v) is 16.8. The Balaban J connectivity index is 1.06. The van der Waals surface area contributed by atoms with Gasteiger partial charge in [-0.15, -0.1) is 0 Å². The topological polar surface area (TPSA) is 8.17 Å². The Morgan fingerprint density at radius 2 is 0.742 bits per heavy atom. The molecule has 1 heterocycles. The number of rotatable bonds is 9. The maximum absolute atomic E-state index is 2.46. The van der Waals surface area contributed by atoms with Crippen LogP contribution >= 0.6 is 0 Å². The smallest absolute Gasteiger partial charge is 0.0562 e. The molecule has 0 N–H and O–H groups in total. The van der Waals surface area contributed by atoms with Gasteiger partial charge in [-0.2, -0.15) is 0 Å². The van der Waals surface area contributed by atoms with E-state index >= 15 is 0 Å². The molecule has 12 rings (SSSR count). The van der Waals surface area contributed by atoms with Gasteiger partial charge in [0.1, 0.15) is 0 Å². The number of nitrogens with zero attached hydrogens (tertiary/aromatic N) is 2. The number of fused-ring (bicyclic) bond motifs is 4. The number of para-hydroxylation sites is 2. The van der Waals surface area contributed by atoms with Gasteiger partial charge in [-0.25, -0.2) is 0 Å². The van der Waals surface area contributed by atoms with Gasteiger partial charge in [0, 0.05) is 27.8 Å². The second-order valence-electron chi connectivity index (χ2n) is 16.8. The Kier molecular flexibility index (Phi) is 9.89. The van der Waals surface area contributed by atoms with E-state index in [1.165, 1.54) is 71.6 Å². The number of anilines is 3. The molecule has 0 saturated heterocycles. The highest BCUT2D eigenvalue weighted by atomic mass is 15.1. The molecule has 0 aliphatic rings. The highest BCUT2D eigenvalue weighted by molar-refractivity contribution is 6.17. The number of aromatic nitrogens is 1. The van der Waals surface area contributed by atoms with E-state index in [9.17, 15) is 0 Å². The van der Waals surface area contributed by atoms with Crippen LogP contribution in [0, 0.1) is 0 Å². The average Bonchev–Trinajstić information content (AvgIpc) is 3.74. The van der Waals surface area contributed by atoms with E-state index in [-0.39, 0.29) is 0 Å². The summed E-state index contributed by atoms with van der Waals surface area (Å²) in [5.74, 6) is 0. The molecule has 0 aliphatic heterocycles. The van der Waals surface area contributed by atoms with Crippen LogP contribution in [-0.4, -0.2) is 4.57 Å². The largest absolute Gasteiger partial charge is 0.310 e. The molecule has 2 nitrogen and oxygen atoms in total. The Morgan fingerprint density at radius 3 is 1.41 bits per heavy atom. The lowest BCUT2D eigenvalue weighted by Crippen LogP contribution is -2.10. The van der Waals surface area contributed by atoms with Gasteiger partial charge in [0.25, 0.3) is 0 Å². The molecule has 1 aromatic heterocycles. The lowest BCUT2D eigenvalue weighted by atomic mass is 9.89. The highest BCUT2D eigenvalue weighted by Gasteiger charge is 2.22. The highest BCUT2D eigenvalue weighted by Crippen LogP contribution is 2.46. The number of benzene rings is 11. The second kappa shape index (κ2) is 16.8. The van der Waals surface area contributed by atoms with Crippen molar-refractivity contribution in [3.8, 4) is 61.3 Å². The van der Waals surface area contributed by atoms with E-state index in [1.807, 2.05) is 0 Å². The number of hydrogen-bond acceptors (Lipinski definition) is 1. The Hall–Kier alpha value is -8.72. The van der Waals surface area contributed by atoms with Gasteiger partial charge in [0.05, 0.1) is 16.7 Å². The van der Waals surface area contributed by atoms with Crippen molar-refractivity contribution < 1.29 is 0 Å². The number of hydrogen-bond donors (Lipinski definition) is 0. The van der Waals surface area contributed by atoms with Crippen LogP contribution in [0.3, 0.4) is 0 Å². The van der Waals surface area contributed by atoms with E-state index in [4.69, 9.17) is 0 Å². The van der Waals surface area contributed by atoms with E-state index < -0.39 is 0 Å². The first-order valence-electron chi connectivity index (χ1n) is 22.7. The molecule has 0 fully saturated rings. The van der Waals surface area contributed by atoms with Crippen molar-refractivity contribution in [1.29, 1.82) is 0 Å². The van der Waals surface area contributed by atoms with Crippen LogP contribution in [0.1, 0.15) is 0 Å². The molecule has 0 bridgehead atoms. The van der Waals surface area contributed by atoms with Crippen LogP contribution in [0.2, 0.25) is 0 Å². The van der Waals surface area contributed by atoms with Crippen molar-refractivity contribution >= 4 is 49.6 Å². The quantitative estimate of drug-likeness (QED) is 0.141. The molecule has 66 heavy (non-hydrogen) atoms. The zero-order valence-electron chi connectivity index (χ0n) is 36.3. The molecule has 310 valence electrons. The molecule has 0 radical (unpaired) electrons. The third kappa shape index (κ3) is 6.84. The molecular formula is C64H44N2. The van der Waals surface area contributed by atoms with Crippen molar-refractivity contribution in [3.05, 3.63) is 267 Å². The van der Waals surface area contributed by atoms with Gasteiger partial charge >= 0.3 is 0 Å². The van der Waals surface area contributed by atoms with Crippen molar-refractivity contribution in [2.75, 3.05) is 4.90 Å². The summed E-state index contributed by atoms with van der Waals surface area (Å²) in [6.07, 6.45) is 0. The summed E-state index contributed by atoms with van der Waals surface area (Å²) < 4.78 is 2.40. The van der Waals surface area contributed by atoms with Crippen molar-refractivity contribution in [3.63, 3.8) is 0 Å². The minimum Gasteiger partial charge on any atom is -0.310 e. The van der Waals surface area contributed by atoms with Crippen LogP contribution in [-0.2, 0) is 0 Å². The van der Waals surface area contributed by atoms with E-state index in [2.05, 4.69) is 276 Å². The summed E-state index contributed by atoms with van der Waals surface area (Å²) >= 11 is 0. The fourth-order valence-corrected chi connectivity index (χ4v) is 10.1. The van der Waals surface area contributed by atoms with Gasteiger partial charge in [-0.05, 0) is 121 Å². The lowest BCUT2D eigenvalue weighted by Gasteiger charge is -2.27. The normalized spacial score (nSPS) is 11.3. The molecular weight excluding hydrogens is 797 g/mol. The molecule has 0 amide bonds. The Labute approximate surface area is 385 Å².